The number of nitrogens with zero attached hydrogens (tertiary/aromatic N) is 3. The molecule has 0 N–H and O–H groups in total. The zero-order valence-corrected chi connectivity index (χ0v) is 16.6. The highest BCUT2D eigenvalue weighted by molar-refractivity contribution is 6.30. The normalized spacial score (nSPS) is 17.2. The molecule has 4 nitrogen and oxygen atoms in total. The molecule has 0 spiro atoms. The number of piperazine rings is 1. The summed E-state index contributed by atoms with van der Waals surface area (Å²) in [5, 5.41) is 0.726. The molecule has 2 aromatic carbocycles. The zero-order chi connectivity index (χ0) is 19.5. The van der Waals surface area contributed by atoms with Crippen LogP contribution in [0.3, 0.4) is 0 Å². The molecule has 28 heavy (non-hydrogen) atoms. The van der Waals surface area contributed by atoms with Crippen molar-refractivity contribution in [1.29, 1.82) is 0 Å². The summed E-state index contributed by atoms with van der Waals surface area (Å²) in [6.07, 6.45) is 2.18. The van der Waals surface area contributed by atoms with Crippen molar-refractivity contribution in [2.24, 2.45) is 0 Å². The molecule has 0 atom stereocenters. The molecule has 2 fully saturated rings. The smallest absolute Gasteiger partial charge is 0.236 e. The van der Waals surface area contributed by atoms with Crippen LogP contribution >= 0.6 is 11.6 Å². The summed E-state index contributed by atoms with van der Waals surface area (Å²) in [5.41, 5.74) is 1.76. The van der Waals surface area contributed by atoms with Gasteiger partial charge in [-0.15, -0.1) is 0 Å². The number of amides is 1. The molecule has 4 rings (SSSR count). The van der Waals surface area contributed by atoms with E-state index in [0.29, 0.717) is 37.8 Å². The number of hydrogen-bond donors (Lipinski definition) is 0. The molecule has 1 saturated heterocycles. The Hall–Kier alpha value is -2.11. The molecule has 1 amide bonds. The molecule has 148 valence electrons. The molecular formula is C22H25ClFN3O. The van der Waals surface area contributed by atoms with E-state index in [4.69, 9.17) is 11.6 Å². The summed E-state index contributed by atoms with van der Waals surface area (Å²) in [6.45, 7) is 3.83. The standard InChI is InChI=1S/C22H25ClFN3O/c23-18-5-3-6-20(14-18)25-10-12-26(13-11-25)22(28)16-27(19-8-9-19)15-17-4-1-2-7-21(17)24/h1-7,14,19H,8-13,15-16H2. The summed E-state index contributed by atoms with van der Waals surface area (Å²) >= 11 is 6.09. The summed E-state index contributed by atoms with van der Waals surface area (Å²) < 4.78 is 14.0. The van der Waals surface area contributed by atoms with Crippen LogP contribution in [0.2, 0.25) is 5.02 Å². The van der Waals surface area contributed by atoms with Crippen molar-refractivity contribution in [2.45, 2.75) is 25.4 Å². The van der Waals surface area contributed by atoms with Crippen LogP contribution in [0.1, 0.15) is 18.4 Å². The first-order valence-corrected chi connectivity index (χ1v) is 10.2. The lowest BCUT2D eigenvalue weighted by atomic mass is 10.2. The third-order valence-electron chi connectivity index (χ3n) is 5.54. The van der Waals surface area contributed by atoms with Crippen LogP contribution in [-0.4, -0.2) is 54.5 Å². The molecule has 0 bridgehead atoms. The molecule has 0 unspecified atom stereocenters. The van der Waals surface area contributed by atoms with Gasteiger partial charge in [-0.3, -0.25) is 9.69 Å². The van der Waals surface area contributed by atoms with Crippen molar-refractivity contribution in [2.75, 3.05) is 37.6 Å². The van der Waals surface area contributed by atoms with Gasteiger partial charge in [0.1, 0.15) is 5.82 Å². The lowest BCUT2D eigenvalue weighted by molar-refractivity contribution is -0.133. The Morgan fingerprint density at radius 3 is 2.50 bits per heavy atom. The SMILES string of the molecule is O=C(CN(Cc1ccccc1F)C1CC1)N1CCN(c2cccc(Cl)c2)CC1. The fourth-order valence-corrected chi connectivity index (χ4v) is 3.94. The van der Waals surface area contributed by atoms with Crippen molar-refractivity contribution < 1.29 is 9.18 Å². The quantitative estimate of drug-likeness (QED) is 0.736. The minimum Gasteiger partial charge on any atom is -0.368 e. The van der Waals surface area contributed by atoms with Crippen molar-refractivity contribution in [1.82, 2.24) is 9.80 Å². The number of hydrogen-bond acceptors (Lipinski definition) is 3. The van der Waals surface area contributed by atoms with Crippen LogP contribution in [0.4, 0.5) is 10.1 Å². The maximum atomic E-state index is 14.0. The number of anilines is 1. The predicted octanol–water partition coefficient (Wildman–Crippen LogP) is 3.79. The highest BCUT2D eigenvalue weighted by Gasteiger charge is 2.32. The molecule has 2 aliphatic rings. The molecule has 1 heterocycles. The van der Waals surface area contributed by atoms with E-state index in [2.05, 4.69) is 9.80 Å². The Morgan fingerprint density at radius 1 is 1.07 bits per heavy atom. The predicted molar refractivity (Wildman–Crippen MR) is 110 cm³/mol. The number of benzene rings is 2. The second-order valence-corrected chi connectivity index (χ2v) is 8.01. The van der Waals surface area contributed by atoms with E-state index in [-0.39, 0.29) is 11.7 Å². The highest BCUT2D eigenvalue weighted by Crippen LogP contribution is 2.29. The largest absolute Gasteiger partial charge is 0.368 e. The van der Waals surface area contributed by atoms with Gasteiger partial charge in [-0.25, -0.2) is 4.39 Å². The average Bonchev–Trinajstić information content (AvgIpc) is 3.54. The molecule has 2 aromatic rings. The van der Waals surface area contributed by atoms with Gasteiger partial charge in [0.25, 0.3) is 0 Å². The van der Waals surface area contributed by atoms with E-state index >= 15 is 0 Å². The first kappa shape index (κ1) is 19.2. The summed E-state index contributed by atoms with van der Waals surface area (Å²) in [6, 6.07) is 15.1. The molecular weight excluding hydrogens is 377 g/mol. The second-order valence-electron chi connectivity index (χ2n) is 7.58. The van der Waals surface area contributed by atoms with Crippen LogP contribution in [0, 0.1) is 5.82 Å². The third kappa shape index (κ3) is 4.65. The first-order valence-electron chi connectivity index (χ1n) is 9.86. The van der Waals surface area contributed by atoms with Gasteiger partial charge in [-0.05, 0) is 37.1 Å². The fourth-order valence-electron chi connectivity index (χ4n) is 3.76. The molecule has 0 radical (unpaired) electrons. The second kappa shape index (κ2) is 8.50. The number of carbonyl (C=O) groups is 1. The van der Waals surface area contributed by atoms with Gasteiger partial charge in [-0.1, -0.05) is 35.9 Å². The van der Waals surface area contributed by atoms with Crippen molar-refractivity contribution in [3.8, 4) is 0 Å². The van der Waals surface area contributed by atoms with Gasteiger partial charge < -0.3 is 9.80 Å². The first-order chi connectivity index (χ1) is 13.6. The van der Waals surface area contributed by atoms with Crippen LogP contribution < -0.4 is 4.90 Å². The molecule has 1 aliphatic carbocycles. The van der Waals surface area contributed by atoms with Gasteiger partial charge in [0.05, 0.1) is 6.54 Å². The zero-order valence-electron chi connectivity index (χ0n) is 15.9. The maximum absolute atomic E-state index is 14.0. The number of halogens is 2. The lowest BCUT2D eigenvalue weighted by Gasteiger charge is -2.37. The lowest BCUT2D eigenvalue weighted by Crippen LogP contribution is -2.51. The monoisotopic (exact) mass is 401 g/mol. The van der Waals surface area contributed by atoms with Crippen molar-refractivity contribution >= 4 is 23.2 Å². The Labute approximate surface area is 170 Å². The van der Waals surface area contributed by atoms with E-state index in [1.807, 2.05) is 35.2 Å². The summed E-state index contributed by atoms with van der Waals surface area (Å²) in [4.78, 5) is 19.2. The Bertz CT molecular complexity index is 834. The summed E-state index contributed by atoms with van der Waals surface area (Å²) in [5.74, 6) is -0.0651. The molecule has 6 heteroatoms. The van der Waals surface area contributed by atoms with E-state index in [1.165, 1.54) is 6.07 Å². The Balaban J connectivity index is 1.33. The van der Waals surface area contributed by atoms with E-state index in [1.54, 1.807) is 12.1 Å². The van der Waals surface area contributed by atoms with Crippen LogP contribution in [0.5, 0.6) is 0 Å². The van der Waals surface area contributed by atoms with Crippen LogP contribution in [0.25, 0.3) is 0 Å². The van der Waals surface area contributed by atoms with Crippen molar-refractivity contribution in [3.63, 3.8) is 0 Å². The van der Waals surface area contributed by atoms with E-state index < -0.39 is 0 Å². The third-order valence-corrected chi connectivity index (χ3v) is 5.77. The number of carbonyl (C=O) groups excluding carboxylic acids is 1. The molecule has 0 aromatic heterocycles. The van der Waals surface area contributed by atoms with Gasteiger partial charge in [-0.2, -0.15) is 0 Å². The molecule has 1 saturated carbocycles. The van der Waals surface area contributed by atoms with Gasteiger partial charge in [0, 0.05) is 55.0 Å². The minimum atomic E-state index is -0.198. The van der Waals surface area contributed by atoms with Crippen LogP contribution in [-0.2, 0) is 11.3 Å². The maximum Gasteiger partial charge on any atom is 0.236 e. The Kier molecular flexibility index (Phi) is 5.83. The average molecular weight is 402 g/mol. The molecule has 1 aliphatic heterocycles. The Morgan fingerprint density at radius 2 is 1.82 bits per heavy atom. The van der Waals surface area contributed by atoms with Gasteiger partial charge in [0.2, 0.25) is 5.91 Å². The van der Waals surface area contributed by atoms with E-state index in [0.717, 1.165) is 36.6 Å². The van der Waals surface area contributed by atoms with Crippen molar-refractivity contribution in [3.05, 3.63) is 64.9 Å². The highest BCUT2D eigenvalue weighted by atomic mass is 35.5. The fraction of sp³-hybridized carbons (Fsp3) is 0.409. The van der Waals surface area contributed by atoms with Gasteiger partial charge in [0.15, 0.2) is 0 Å². The van der Waals surface area contributed by atoms with Crippen LogP contribution in [0.15, 0.2) is 48.5 Å². The van der Waals surface area contributed by atoms with Gasteiger partial charge >= 0.3 is 0 Å². The summed E-state index contributed by atoms with van der Waals surface area (Å²) in [7, 11) is 0. The number of rotatable bonds is 6. The van der Waals surface area contributed by atoms with E-state index in [9.17, 15) is 9.18 Å². The topological polar surface area (TPSA) is 26.8 Å². The minimum absolute atomic E-state index is 0.133.